The average molecular weight is 374 g/mol. The third-order valence-corrected chi connectivity index (χ3v) is 4.32. The summed E-state index contributed by atoms with van der Waals surface area (Å²) in [6.45, 7) is 8.07. The molecule has 0 spiro atoms. The first-order valence-corrected chi connectivity index (χ1v) is 9.65. The summed E-state index contributed by atoms with van der Waals surface area (Å²) in [5, 5.41) is 5.49. The van der Waals surface area contributed by atoms with E-state index in [4.69, 9.17) is 9.47 Å². The lowest BCUT2D eigenvalue weighted by Gasteiger charge is -2.29. The standard InChI is InChI=1S/C21H30N2O4/c1-5-6-7-10-13-26-17-12-9-8-11-16(17)19-18(20(24)27-14(2)3)15(4)22-21(25)23-19/h8-9,11-12,14,19H,5-7,10,13H2,1-4H3,(H2,22,23,25). The normalized spacial score (nSPS) is 16.8. The molecule has 1 unspecified atom stereocenters. The van der Waals surface area contributed by atoms with Crippen LogP contribution in [-0.4, -0.2) is 24.7 Å². The third-order valence-electron chi connectivity index (χ3n) is 4.32. The van der Waals surface area contributed by atoms with Crippen molar-refractivity contribution in [3.8, 4) is 5.75 Å². The van der Waals surface area contributed by atoms with E-state index in [0.717, 1.165) is 18.4 Å². The molecule has 0 fully saturated rings. The summed E-state index contributed by atoms with van der Waals surface area (Å²) in [4.78, 5) is 24.7. The zero-order valence-corrected chi connectivity index (χ0v) is 16.6. The highest BCUT2D eigenvalue weighted by Crippen LogP contribution is 2.33. The monoisotopic (exact) mass is 374 g/mol. The van der Waals surface area contributed by atoms with Crippen LogP contribution in [0, 0.1) is 0 Å². The first-order valence-electron chi connectivity index (χ1n) is 9.65. The van der Waals surface area contributed by atoms with Crippen LogP contribution in [-0.2, 0) is 9.53 Å². The summed E-state index contributed by atoms with van der Waals surface area (Å²) in [6.07, 6.45) is 4.19. The third kappa shape index (κ3) is 5.74. The first-order chi connectivity index (χ1) is 12.9. The van der Waals surface area contributed by atoms with Gasteiger partial charge in [-0.3, -0.25) is 0 Å². The Balaban J connectivity index is 2.26. The van der Waals surface area contributed by atoms with Crippen LogP contribution in [0.2, 0.25) is 0 Å². The second kappa shape index (κ2) is 10.00. The molecule has 0 aromatic heterocycles. The van der Waals surface area contributed by atoms with E-state index in [-0.39, 0.29) is 12.1 Å². The van der Waals surface area contributed by atoms with Crippen molar-refractivity contribution in [2.75, 3.05) is 6.61 Å². The maximum absolute atomic E-state index is 12.6. The van der Waals surface area contributed by atoms with Gasteiger partial charge in [0.25, 0.3) is 0 Å². The van der Waals surface area contributed by atoms with E-state index in [0.29, 0.717) is 23.6 Å². The number of benzene rings is 1. The summed E-state index contributed by atoms with van der Waals surface area (Å²) in [7, 11) is 0. The molecule has 0 saturated carbocycles. The summed E-state index contributed by atoms with van der Waals surface area (Å²) in [5.41, 5.74) is 1.63. The quantitative estimate of drug-likeness (QED) is 0.501. The highest BCUT2D eigenvalue weighted by Gasteiger charge is 2.34. The predicted octanol–water partition coefficient (Wildman–Crippen LogP) is 4.23. The molecule has 1 heterocycles. The molecule has 1 aromatic rings. The molecule has 0 aliphatic carbocycles. The molecular formula is C21H30N2O4. The van der Waals surface area contributed by atoms with Gasteiger partial charge in [-0.25, -0.2) is 9.59 Å². The topological polar surface area (TPSA) is 76.7 Å². The lowest BCUT2D eigenvalue weighted by Crippen LogP contribution is -2.45. The van der Waals surface area contributed by atoms with Crippen LogP contribution < -0.4 is 15.4 Å². The van der Waals surface area contributed by atoms with Gasteiger partial charge in [-0.1, -0.05) is 44.4 Å². The molecule has 27 heavy (non-hydrogen) atoms. The van der Waals surface area contributed by atoms with Gasteiger partial charge in [0.15, 0.2) is 0 Å². The Morgan fingerprint density at radius 1 is 1.19 bits per heavy atom. The van der Waals surface area contributed by atoms with Crippen molar-refractivity contribution in [3.05, 3.63) is 41.1 Å². The summed E-state index contributed by atoms with van der Waals surface area (Å²) in [6, 6.07) is 6.52. The van der Waals surface area contributed by atoms with Gasteiger partial charge in [-0.15, -0.1) is 0 Å². The van der Waals surface area contributed by atoms with Crippen LogP contribution in [0.25, 0.3) is 0 Å². The summed E-state index contributed by atoms with van der Waals surface area (Å²) >= 11 is 0. The average Bonchev–Trinajstić information content (AvgIpc) is 2.60. The number of carbonyl (C=O) groups excluding carboxylic acids is 2. The van der Waals surface area contributed by atoms with E-state index in [1.165, 1.54) is 12.8 Å². The van der Waals surface area contributed by atoms with Gasteiger partial charge in [0, 0.05) is 11.3 Å². The predicted molar refractivity (Wildman–Crippen MR) is 104 cm³/mol. The molecule has 1 aromatic carbocycles. The van der Waals surface area contributed by atoms with Crippen molar-refractivity contribution < 1.29 is 19.1 Å². The lowest BCUT2D eigenvalue weighted by molar-refractivity contribution is -0.143. The second-order valence-electron chi connectivity index (χ2n) is 6.97. The second-order valence-corrected chi connectivity index (χ2v) is 6.97. The Morgan fingerprint density at radius 2 is 1.93 bits per heavy atom. The maximum Gasteiger partial charge on any atom is 0.338 e. The van der Waals surface area contributed by atoms with E-state index in [1.54, 1.807) is 20.8 Å². The van der Waals surface area contributed by atoms with Crippen LogP contribution in [0.15, 0.2) is 35.5 Å². The number of urea groups is 1. The van der Waals surface area contributed by atoms with Crippen LogP contribution in [0.3, 0.4) is 0 Å². The number of hydrogen-bond donors (Lipinski definition) is 2. The largest absolute Gasteiger partial charge is 0.493 e. The SMILES string of the molecule is CCCCCCOc1ccccc1C1NC(=O)NC(C)=C1C(=O)OC(C)C. The molecule has 6 heteroatoms. The minimum atomic E-state index is -0.614. The molecule has 6 nitrogen and oxygen atoms in total. The smallest absolute Gasteiger partial charge is 0.338 e. The van der Waals surface area contributed by atoms with E-state index in [2.05, 4.69) is 17.6 Å². The Morgan fingerprint density at radius 3 is 2.63 bits per heavy atom. The Kier molecular flexibility index (Phi) is 7.70. The minimum absolute atomic E-state index is 0.249. The Labute approximate surface area is 161 Å². The number of unbranched alkanes of at least 4 members (excludes halogenated alkanes) is 3. The molecule has 0 radical (unpaired) electrons. The van der Waals surface area contributed by atoms with Crippen LogP contribution >= 0.6 is 0 Å². The fourth-order valence-electron chi connectivity index (χ4n) is 3.04. The fraction of sp³-hybridized carbons (Fsp3) is 0.524. The van der Waals surface area contributed by atoms with Crippen LogP contribution in [0.1, 0.15) is 65.0 Å². The first kappa shape index (κ1) is 20.8. The number of esters is 1. The molecule has 2 rings (SSSR count). The van der Waals surface area contributed by atoms with Gasteiger partial charge in [0.1, 0.15) is 5.75 Å². The number of hydrogen-bond acceptors (Lipinski definition) is 4. The number of para-hydroxylation sites is 1. The van der Waals surface area contributed by atoms with Crippen molar-refractivity contribution in [1.82, 2.24) is 10.6 Å². The Hall–Kier alpha value is -2.50. The van der Waals surface area contributed by atoms with Gasteiger partial charge < -0.3 is 20.1 Å². The number of carbonyl (C=O) groups is 2. The van der Waals surface area contributed by atoms with Crippen molar-refractivity contribution in [3.63, 3.8) is 0 Å². The molecule has 2 amide bonds. The highest BCUT2D eigenvalue weighted by atomic mass is 16.5. The number of ether oxygens (including phenoxy) is 2. The molecular weight excluding hydrogens is 344 g/mol. The number of amides is 2. The molecule has 1 aliphatic heterocycles. The highest BCUT2D eigenvalue weighted by molar-refractivity contribution is 5.95. The lowest BCUT2D eigenvalue weighted by atomic mass is 9.95. The molecule has 1 atom stereocenters. The molecule has 148 valence electrons. The zero-order chi connectivity index (χ0) is 19.8. The summed E-state index contributed by atoms with van der Waals surface area (Å²) in [5.74, 6) is 0.224. The number of allylic oxidation sites excluding steroid dienone is 1. The Bertz CT molecular complexity index is 697. The molecule has 1 aliphatic rings. The van der Waals surface area contributed by atoms with Gasteiger partial charge in [-0.2, -0.15) is 0 Å². The van der Waals surface area contributed by atoms with E-state index in [9.17, 15) is 9.59 Å². The molecule has 0 bridgehead atoms. The number of nitrogens with one attached hydrogen (secondary N) is 2. The van der Waals surface area contributed by atoms with Gasteiger partial charge in [0.2, 0.25) is 0 Å². The van der Waals surface area contributed by atoms with Gasteiger partial charge >= 0.3 is 12.0 Å². The van der Waals surface area contributed by atoms with Crippen LogP contribution in [0.4, 0.5) is 4.79 Å². The van der Waals surface area contributed by atoms with Crippen molar-refractivity contribution in [2.45, 2.75) is 65.5 Å². The molecule has 0 saturated heterocycles. The number of rotatable bonds is 9. The minimum Gasteiger partial charge on any atom is -0.493 e. The summed E-state index contributed by atoms with van der Waals surface area (Å²) < 4.78 is 11.4. The fourth-order valence-corrected chi connectivity index (χ4v) is 3.04. The van der Waals surface area contributed by atoms with Crippen molar-refractivity contribution in [1.29, 1.82) is 0 Å². The van der Waals surface area contributed by atoms with E-state index >= 15 is 0 Å². The van der Waals surface area contributed by atoms with Crippen molar-refractivity contribution >= 4 is 12.0 Å². The zero-order valence-electron chi connectivity index (χ0n) is 16.6. The molecule has 2 N–H and O–H groups in total. The van der Waals surface area contributed by atoms with E-state index < -0.39 is 12.0 Å². The van der Waals surface area contributed by atoms with E-state index in [1.807, 2.05) is 24.3 Å². The van der Waals surface area contributed by atoms with Gasteiger partial charge in [0.05, 0.1) is 24.3 Å². The van der Waals surface area contributed by atoms with Crippen molar-refractivity contribution in [2.24, 2.45) is 0 Å². The maximum atomic E-state index is 12.6. The van der Waals surface area contributed by atoms with Gasteiger partial charge in [-0.05, 0) is 33.3 Å². The van der Waals surface area contributed by atoms with Crippen LogP contribution in [0.5, 0.6) is 5.75 Å².